The van der Waals surface area contributed by atoms with Gasteiger partial charge in [0.2, 0.25) is 0 Å². The van der Waals surface area contributed by atoms with E-state index in [-0.39, 0.29) is 16.8 Å². The van der Waals surface area contributed by atoms with Crippen molar-refractivity contribution in [2.75, 3.05) is 18.5 Å². The van der Waals surface area contributed by atoms with Crippen molar-refractivity contribution in [1.29, 1.82) is 0 Å². The molecule has 2 aromatic carbocycles. The van der Waals surface area contributed by atoms with E-state index >= 15 is 0 Å². The summed E-state index contributed by atoms with van der Waals surface area (Å²) in [5.41, 5.74) is 2.66. The molecule has 9 nitrogen and oxygen atoms in total. The van der Waals surface area contributed by atoms with Gasteiger partial charge in [0.1, 0.15) is 11.4 Å². The Labute approximate surface area is 215 Å². The molecule has 0 bridgehead atoms. The summed E-state index contributed by atoms with van der Waals surface area (Å²) in [6.07, 6.45) is 2.45. The van der Waals surface area contributed by atoms with Gasteiger partial charge in [-0.3, -0.25) is 19.9 Å². The topological polar surface area (TPSA) is 121 Å². The number of nitro benzene ring substituents is 1. The lowest BCUT2D eigenvalue weighted by atomic mass is 9.70. The Kier molecular flexibility index (Phi) is 7.42. The van der Waals surface area contributed by atoms with Crippen molar-refractivity contribution >= 4 is 34.2 Å². The molecule has 0 fully saturated rings. The minimum Gasteiger partial charge on any atom is -0.494 e. The SMILES string of the molecule is CCOc1ccc(NC(=O)COC(=O)c2c3c(nc4ccccc24)CCC(C(C)(C)C)C3)c([N+](=O)[O-])c1. The van der Waals surface area contributed by atoms with Crippen LogP contribution in [0.3, 0.4) is 0 Å². The number of ether oxygens (including phenoxy) is 2. The molecule has 1 amide bonds. The number of amides is 1. The van der Waals surface area contributed by atoms with Crippen LogP contribution in [0.4, 0.5) is 11.4 Å². The maximum absolute atomic E-state index is 13.4. The van der Waals surface area contributed by atoms with Gasteiger partial charge < -0.3 is 14.8 Å². The highest BCUT2D eigenvalue weighted by atomic mass is 16.6. The Morgan fingerprint density at radius 3 is 2.65 bits per heavy atom. The van der Waals surface area contributed by atoms with Crippen molar-refractivity contribution < 1.29 is 24.0 Å². The minimum atomic E-state index is -0.680. The Hall–Kier alpha value is -4.01. The van der Waals surface area contributed by atoms with Crippen LogP contribution in [-0.4, -0.2) is 35.0 Å². The number of pyridine rings is 1. The quantitative estimate of drug-likeness (QED) is 0.256. The summed E-state index contributed by atoms with van der Waals surface area (Å²) in [4.78, 5) is 41.7. The molecule has 194 valence electrons. The molecule has 9 heteroatoms. The van der Waals surface area contributed by atoms with Crippen LogP contribution in [0.15, 0.2) is 42.5 Å². The van der Waals surface area contributed by atoms with Gasteiger partial charge >= 0.3 is 5.97 Å². The molecule has 1 aromatic heterocycles. The minimum absolute atomic E-state index is 0.00531. The number of aromatic nitrogens is 1. The van der Waals surface area contributed by atoms with E-state index in [0.717, 1.165) is 24.1 Å². The number of rotatable bonds is 7. The number of anilines is 1. The van der Waals surface area contributed by atoms with Crippen molar-refractivity contribution in [2.45, 2.75) is 47.0 Å². The van der Waals surface area contributed by atoms with Gasteiger partial charge in [-0.25, -0.2) is 4.79 Å². The number of benzene rings is 2. The molecule has 1 N–H and O–H groups in total. The number of hydrogen-bond acceptors (Lipinski definition) is 7. The lowest BCUT2D eigenvalue weighted by Crippen LogP contribution is -2.29. The standard InChI is InChI=1S/C28H31N3O6/c1-5-36-18-11-13-23(24(15-18)31(34)35)30-25(32)16-37-27(33)26-19-8-6-7-9-21(19)29-22-12-10-17(14-20(22)26)28(2,3)4/h6-9,11,13,15,17H,5,10,12,14,16H2,1-4H3,(H,30,32). The van der Waals surface area contributed by atoms with Gasteiger partial charge in [-0.2, -0.15) is 0 Å². The number of carbonyl (C=O) groups excluding carboxylic acids is 2. The zero-order chi connectivity index (χ0) is 26.7. The van der Waals surface area contributed by atoms with Crippen LogP contribution in [0.25, 0.3) is 10.9 Å². The van der Waals surface area contributed by atoms with E-state index in [2.05, 4.69) is 26.1 Å². The largest absolute Gasteiger partial charge is 0.494 e. The molecule has 1 aliphatic carbocycles. The number of esters is 1. The van der Waals surface area contributed by atoms with E-state index in [1.165, 1.54) is 18.2 Å². The first-order valence-electron chi connectivity index (χ1n) is 12.4. The number of hydrogen-bond donors (Lipinski definition) is 1. The van der Waals surface area contributed by atoms with Crippen LogP contribution in [0.5, 0.6) is 5.75 Å². The van der Waals surface area contributed by atoms with Gasteiger partial charge in [0.25, 0.3) is 11.6 Å². The average molecular weight is 506 g/mol. The Balaban J connectivity index is 1.56. The average Bonchev–Trinajstić information content (AvgIpc) is 2.85. The summed E-state index contributed by atoms with van der Waals surface area (Å²) in [5.74, 6) is -0.597. The van der Waals surface area contributed by atoms with E-state index in [4.69, 9.17) is 14.5 Å². The monoisotopic (exact) mass is 505 g/mol. The zero-order valence-electron chi connectivity index (χ0n) is 21.5. The van der Waals surface area contributed by atoms with Gasteiger partial charge in [0, 0.05) is 11.1 Å². The summed E-state index contributed by atoms with van der Waals surface area (Å²) in [7, 11) is 0. The molecule has 4 rings (SSSR count). The van der Waals surface area contributed by atoms with Gasteiger partial charge in [0.15, 0.2) is 6.61 Å². The number of nitrogens with zero attached hydrogens (tertiary/aromatic N) is 2. The van der Waals surface area contributed by atoms with Gasteiger partial charge in [-0.15, -0.1) is 0 Å². The fourth-order valence-electron chi connectivity index (χ4n) is 4.77. The molecular weight excluding hydrogens is 474 g/mol. The Morgan fingerprint density at radius 2 is 1.95 bits per heavy atom. The molecule has 0 saturated heterocycles. The van der Waals surface area contributed by atoms with Crippen LogP contribution in [0, 0.1) is 21.4 Å². The Bertz CT molecular complexity index is 1360. The van der Waals surface area contributed by atoms with Crippen LogP contribution < -0.4 is 10.1 Å². The third-order valence-electron chi connectivity index (χ3n) is 6.77. The first-order valence-corrected chi connectivity index (χ1v) is 12.4. The molecule has 3 aromatic rings. The summed E-state index contributed by atoms with van der Waals surface area (Å²) >= 11 is 0. The number of carbonyl (C=O) groups is 2. The molecular formula is C28H31N3O6. The highest BCUT2D eigenvalue weighted by Gasteiger charge is 2.33. The van der Waals surface area contributed by atoms with Gasteiger partial charge in [-0.05, 0) is 61.3 Å². The van der Waals surface area contributed by atoms with Gasteiger partial charge in [0.05, 0.1) is 28.7 Å². The molecule has 37 heavy (non-hydrogen) atoms. The lowest BCUT2D eigenvalue weighted by Gasteiger charge is -2.35. The molecule has 1 aliphatic rings. The molecule has 0 radical (unpaired) electrons. The summed E-state index contributed by atoms with van der Waals surface area (Å²) in [6.45, 7) is 8.11. The van der Waals surface area contributed by atoms with E-state index in [9.17, 15) is 19.7 Å². The first kappa shape index (κ1) is 26.1. The predicted octanol–water partition coefficient (Wildman–Crippen LogP) is 5.49. The van der Waals surface area contributed by atoms with E-state index in [0.29, 0.717) is 41.2 Å². The van der Waals surface area contributed by atoms with Gasteiger partial charge in [-0.1, -0.05) is 39.0 Å². The summed E-state index contributed by atoms with van der Waals surface area (Å²) < 4.78 is 10.7. The Morgan fingerprint density at radius 1 is 1.19 bits per heavy atom. The van der Waals surface area contributed by atoms with Crippen LogP contribution in [0.2, 0.25) is 0 Å². The summed E-state index contributed by atoms with van der Waals surface area (Å²) in [5, 5.41) is 14.6. The van der Waals surface area contributed by atoms with Crippen molar-refractivity contribution in [1.82, 2.24) is 4.98 Å². The van der Waals surface area contributed by atoms with Crippen molar-refractivity contribution in [3.63, 3.8) is 0 Å². The number of nitrogens with one attached hydrogen (secondary N) is 1. The van der Waals surface area contributed by atoms with Crippen LogP contribution in [0.1, 0.15) is 55.7 Å². The van der Waals surface area contributed by atoms with E-state index < -0.39 is 23.4 Å². The second-order valence-electron chi connectivity index (χ2n) is 10.2. The normalized spacial score (nSPS) is 15.1. The number of aryl methyl sites for hydroxylation is 1. The fraction of sp³-hybridized carbons (Fsp3) is 0.393. The molecule has 1 atom stereocenters. The van der Waals surface area contributed by atoms with Crippen molar-refractivity contribution in [3.8, 4) is 5.75 Å². The number of nitro groups is 1. The molecule has 0 spiro atoms. The zero-order valence-corrected chi connectivity index (χ0v) is 21.5. The molecule has 0 saturated carbocycles. The second-order valence-corrected chi connectivity index (χ2v) is 10.2. The van der Waals surface area contributed by atoms with Crippen molar-refractivity contribution in [3.05, 3.63) is 69.4 Å². The maximum Gasteiger partial charge on any atom is 0.339 e. The summed E-state index contributed by atoms with van der Waals surface area (Å²) in [6, 6.07) is 11.6. The second kappa shape index (κ2) is 10.5. The third-order valence-corrected chi connectivity index (χ3v) is 6.77. The van der Waals surface area contributed by atoms with Crippen molar-refractivity contribution in [2.24, 2.45) is 11.3 Å². The van der Waals surface area contributed by atoms with E-state index in [1.807, 2.05) is 24.3 Å². The third kappa shape index (κ3) is 5.71. The van der Waals surface area contributed by atoms with Crippen LogP contribution in [-0.2, 0) is 22.4 Å². The molecule has 1 heterocycles. The van der Waals surface area contributed by atoms with E-state index in [1.54, 1.807) is 6.92 Å². The number of para-hydroxylation sites is 1. The highest BCUT2D eigenvalue weighted by molar-refractivity contribution is 6.06. The molecule has 1 unspecified atom stereocenters. The first-order chi connectivity index (χ1) is 17.6. The fourth-order valence-corrected chi connectivity index (χ4v) is 4.77. The maximum atomic E-state index is 13.4. The molecule has 0 aliphatic heterocycles. The van der Waals surface area contributed by atoms with Crippen LogP contribution >= 0.6 is 0 Å². The predicted molar refractivity (Wildman–Crippen MR) is 140 cm³/mol. The number of fused-ring (bicyclic) bond motifs is 2. The highest BCUT2D eigenvalue weighted by Crippen LogP contribution is 2.39. The lowest BCUT2D eigenvalue weighted by molar-refractivity contribution is -0.384. The smallest absolute Gasteiger partial charge is 0.339 e.